The first-order valence-corrected chi connectivity index (χ1v) is 11.1. The molecule has 1 aromatic rings. The van der Waals surface area contributed by atoms with Crippen LogP contribution in [-0.4, -0.2) is 53.1 Å². The van der Waals surface area contributed by atoms with Crippen LogP contribution in [0.2, 0.25) is 0 Å². The third-order valence-electron chi connectivity index (χ3n) is 3.73. The normalized spacial score (nSPS) is 19.6. The summed E-state index contributed by atoms with van der Waals surface area (Å²) in [6.07, 6.45) is 0.950. The summed E-state index contributed by atoms with van der Waals surface area (Å²) in [6, 6.07) is 2.14. The van der Waals surface area contributed by atoms with Gasteiger partial charge in [0.25, 0.3) is 0 Å². The monoisotopic (exact) mass is 396 g/mol. The van der Waals surface area contributed by atoms with E-state index in [1.807, 2.05) is 0 Å². The van der Waals surface area contributed by atoms with E-state index in [1.54, 1.807) is 0 Å². The highest BCUT2D eigenvalue weighted by Gasteiger charge is 2.29. The molecule has 0 spiro atoms. The zero-order chi connectivity index (χ0) is 18.8. The van der Waals surface area contributed by atoms with E-state index in [-0.39, 0.29) is 30.2 Å². The summed E-state index contributed by atoms with van der Waals surface area (Å²) in [4.78, 5) is 11.9. The van der Waals surface area contributed by atoms with Crippen LogP contribution < -0.4 is 9.62 Å². The number of halogens is 2. The van der Waals surface area contributed by atoms with Crippen LogP contribution in [0.15, 0.2) is 18.2 Å². The summed E-state index contributed by atoms with van der Waals surface area (Å²) < 4.78 is 73.6. The molecule has 140 valence electrons. The van der Waals surface area contributed by atoms with Crippen LogP contribution in [0.25, 0.3) is 0 Å². The molecule has 1 fully saturated rings. The Hall–Kier alpha value is -1.75. The second-order valence-electron chi connectivity index (χ2n) is 5.85. The van der Waals surface area contributed by atoms with Crippen molar-refractivity contribution in [3.63, 3.8) is 0 Å². The predicted octanol–water partition coefficient (Wildman–Crippen LogP) is 0.424. The lowest BCUT2D eigenvalue weighted by molar-refractivity contribution is -0.121. The molecule has 1 heterocycles. The van der Waals surface area contributed by atoms with Crippen molar-refractivity contribution in [2.75, 3.05) is 28.6 Å². The van der Waals surface area contributed by atoms with Gasteiger partial charge in [0.1, 0.15) is 0 Å². The van der Waals surface area contributed by atoms with Gasteiger partial charge in [-0.25, -0.2) is 25.6 Å². The molecule has 7 nitrogen and oxygen atoms in total. The number of sulfonamides is 1. The number of sulfone groups is 1. The van der Waals surface area contributed by atoms with Gasteiger partial charge in [0.15, 0.2) is 21.5 Å². The zero-order valence-electron chi connectivity index (χ0n) is 13.4. The fraction of sp³-hybridized carbons (Fsp3) is 0.500. The average molecular weight is 396 g/mol. The van der Waals surface area contributed by atoms with Crippen molar-refractivity contribution in [1.29, 1.82) is 0 Å². The van der Waals surface area contributed by atoms with Crippen molar-refractivity contribution in [2.24, 2.45) is 0 Å². The number of hydrogen-bond donors (Lipinski definition) is 1. The van der Waals surface area contributed by atoms with Gasteiger partial charge < -0.3 is 5.32 Å². The van der Waals surface area contributed by atoms with Crippen LogP contribution in [0.1, 0.15) is 12.8 Å². The van der Waals surface area contributed by atoms with Gasteiger partial charge in [-0.2, -0.15) is 0 Å². The van der Waals surface area contributed by atoms with Crippen LogP contribution in [0.3, 0.4) is 0 Å². The van der Waals surface area contributed by atoms with Gasteiger partial charge in [-0.1, -0.05) is 0 Å². The Labute approximate surface area is 145 Å². The first kappa shape index (κ1) is 19.6. The van der Waals surface area contributed by atoms with Crippen LogP contribution in [0.4, 0.5) is 14.5 Å². The Morgan fingerprint density at radius 1 is 1.32 bits per heavy atom. The molecule has 0 aromatic heterocycles. The molecule has 1 aliphatic rings. The number of carbonyl (C=O) groups excluding carboxylic acids is 1. The van der Waals surface area contributed by atoms with Gasteiger partial charge in [-0.3, -0.25) is 9.10 Å². The van der Waals surface area contributed by atoms with Crippen molar-refractivity contribution in [3.05, 3.63) is 29.8 Å². The Morgan fingerprint density at radius 3 is 2.52 bits per heavy atom. The smallest absolute Gasteiger partial charge is 0.232 e. The molecule has 1 atom stereocenters. The molecule has 1 amide bonds. The highest BCUT2D eigenvalue weighted by Crippen LogP contribution is 2.21. The van der Waals surface area contributed by atoms with Crippen molar-refractivity contribution in [2.45, 2.75) is 18.9 Å². The molecule has 11 heteroatoms. The second kappa shape index (κ2) is 7.24. The summed E-state index contributed by atoms with van der Waals surface area (Å²) in [5.41, 5.74) is -0.0994. The fourth-order valence-corrected chi connectivity index (χ4v) is 5.13. The number of rotatable bonds is 6. The molecule has 0 aliphatic carbocycles. The third kappa shape index (κ3) is 5.36. The minimum absolute atomic E-state index is 0.00225. The number of amides is 1. The summed E-state index contributed by atoms with van der Waals surface area (Å²) >= 11 is 0. The molecule has 1 saturated heterocycles. The maximum Gasteiger partial charge on any atom is 0.232 e. The van der Waals surface area contributed by atoms with Crippen LogP contribution in [-0.2, 0) is 24.7 Å². The molecule has 1 aliphatic heterocycles. The lowest BCUT2D eigenvalue weighted by Gasteiger charge is -2.22. The standard InChI is InChI=1S/C14H18F2N2O5S2/c1-24(20,21)18(11-2-3-12(15)13(16)8-11)6-4-14(19)17-10-5-7-25(22,23)9-10/h2-3,8,10H,4-7,9H2,1H3,(H,17,19). The van der Waals surface area contributed by atoms with Gasteiger partial charge in [-0.05, 0) is 18.6 Å². The lowest BCUT2D eigenvalue weighted by atomic mass is 10.2. The highest BCUT2D eigenvalue weighted by molar-refractivity contribution is 7.92. The maximum absolute atomic E-state index is 13.3. The van der Waals surface area contributed by atoms with E-state index in [2.05, 4.69) is 5.32 Å². The van der Waals surface area contributed by atoms with Crippen LogP contribution >= 0.6 is 0 Å². The molecule has 0 radical (unpaired) electrons. The van der Waals surface area contributed by atoms with E-state index in [1.165, 1.54) is 0 Å². The molecule has 1 N–H and O–H groups in total. The Kier molecular flexibility index (Phi) is 5.67. The number of benzene rings is 1. The zero-order valence-corrected chi connectivity index (χ0v) is 15.0. The number of nitrogens with zero attached hydrogens (tertiary/aromatic N) is 1. The Bertz CT molecular complexity index is 871. The Balaban J connectivity index is 2.03. The molecular formula is C14H18F2N2O5S2. The molecule has 0 saturated carbocycles. The van der Waals surface area contributed by atoms with E-state index in [0.29, 0.717) is 6.42 Å². The SMILES string of the molecule is CS(=O)(=O)N(CCC(=O)NC1CCS(=O)(=O)C1)c1ccc(F)c(F)c1. The minimum Gasteiger partial charge on any atom is -0.352 e. The quantitative estimate of drug-likeness (QED) is 0.751. The van der Waals surface area contributed by atoms with Crippen molar-refractivity contribution >= 4 is 31.5 Å². The van der Waals surface area contributed by atoms with Crippen molar-refractivity contribution in [3.8, 4) is 0 Å². The van der Waals surface area contributed by atoms with E-state index >= 15 is 0 Å². The van der Waals surface area contributed by atoms with E-state index in [9.17, 15) is 30.4 Å². The number of anilines is 1. The molecule has 0 bridgehead atoms. The molecule has 1 aromatic carbocycles. The van der Waals surface area contributed by atoms with E-state index in [4.69, 9.17) is 0 Å². The van der Waals surface area contributed by atoms with Gasteiger partial charge in [0.05, 0.1) is 23.4 Å². The largest absolute Gasteiger partial charge is 0.352 e. The summed E-state index contributed by atoms with van der Waals surface area (Å²) in [5.74, 6) is -2.97. The summed E-state index contributed by atoms with van der Waals surface area (Å²) in [5, 5.41) is 2.54. The maximum atomic E-state index is 13.3. The van der Waals surface area contributed by atoms with E-state index in [0.717, 1.165) is 28.8 Å². The van der Waals surface area contributed by atoms with Crippen LogP contribution in [0, 0.1) is 11.6 Å². The minimum atomic E-state index is -3.82. The molecular weight excluding hydrogens is 378 g/mol. The number of hydrogen-bond acceptors (Lipinski definition) is 5. The van der Waals surface area contributed by atoms with Gasteiger partial charge in [-0.15, -0.1) is 0 Å². The number of nitrogens with one attached hydrogen (secondary N) is 1. The highest BCUT2D eigenvalue weighted by atomic mass is 32.2. The fourth-order valence-electron chi connectivity index (χ4n) is 2.54. The lowest BCUT2D eigenvalue weighted by Crippen LogP contribution is -2.39. The topological polar surface area (TPSA) is 101 Å². The molecule has 1 unspecified atom stereocenters. The van der Waals surface area contributed by atoms with Gasteiger partial charge in [0.2, 0.25) is 15.9 Å². The van der Waals surface area contributed by atoms with Crippen molar-refractivity contribution in [1.82, 2.24) is 5.32 Å². The Morgan fingerprint density at radius 2 is 2.00 bits per heavy atom. The van der Waals surface area contributed by atoms with Crippen LogP contribution in [0.5, 0.6) is 0 Å². The molecule has 2 rings (SSSR count). The first-order chi connectivity index (χ1) is 11.5. The van der Waals surface area contributed by atoms with Gasteiger partial charge >= 0.3 is 0 Å². The average Bonchev–Trinajstić information content (AvgIpc) is 2.80. The molecule has 25 heavy (non-hydrogen) atoms. The predicted molar refractivity (Wildman–Crippen MR) is 88.4 cm³/mol. The second-order valence-corrected chi connectivity index (χ2v) is 9.99. The first-order valence-electron chi connectivity index (χ1n) is 7.40. The van der Waals surface area contributed by atoms with Crippen molar-refractivity contribution < 1.29 is 30.4 Å². The summed E-state index contributed by atoms with van der Waals surface area (Å²) in [6.45, 7) is -0.283. The third-order valence-corrected chi connectivity index (χ3v) is 6.69. The van der Waals surface area contributed by atoms with E-state index < -0.39 is 43.4 Å². The van der Waals surface area contributed by atoms with Gasteiger partial charge in [0, 0.05) is 25.1 Å². The number of carbonyl (C=O) groups is 1. The summed E-state index contributed by atoms with van der Waals surface area (Å²) in [7, 11) is -6.97.